The second kappa shape index (κ2) is 15.4. The average molecular weight is 509 g/mol. The van der Waals surface area contributed by atoms with Gasteiger partial charge < -0.3 is 26.8 Å². The number of nitrogens with one attached hydrogen (secondary N) is 3. The minimum absolute atomic E-state index is 0.213. The number of nitrogens with two attached hydrogens (primary N) is 1. The van der Waals surface area contributed by atoms with E-state index in [-0.39, 0.29) is 18.3 Å². The van der Waals surface area contributed by atoms with Gasteiger partial charge in [0.2, 0.25) is 17.7 Å². The summed E-state index contributed by atoms with van der Waals surface area (Å²) in [5.41, 5.74) is 6.82. The molecule has 0 spiro atoms. The lowest BCUT2D eigenvalue weighted by Crippen LogP contribution is -2.59. The van der Waals surface area contributed by atoms with Crippen LogP contribution in [0.5, 0.6) is 0 Å². The molecule has 3 amide bonds. The number of amides is 3. The number of aliphatic carboxylic acids is 1. The zero-order valence-electron chi connectivity index (χ0n) is 21.2. The molecule has 0 saturated heterocycles. The van der Waals surface area contributed by atoms with Crippen molar-refractivity contribution in [3.63, 3.8) is 0 Å². The second-order valence-corrected chi connectivity index (χ2v) is 10.1. The Morgan fingerprint density at radius 2 is 1.54 bits per heavy atom. The third kappa shape index (κ3) is 10.3. The fraction of sp³-hybridized carbons (Fsp3) is 0.600. The first kappa shape index (κ1) is 30.4. The lowest BCUT2D eigenvalue weighted by Gasteiger charge is -2.28. The summed E-state index contributed by atoms with van der Waals surface area (Å²) in [6.45, 7) is 7.10. The average Bonchev–Trinajstić information content (AvgIpc) is 2.83. The zero-order chi connectivity index (χ0) is 26.5. The van der Waals surface area contributed by atoms with Crippen molar-refractivity contribution in [2.75, 3.05) is 12.0 Å². The molecule has 1 aromatic rings. The normalized spacial score (nSPS) is 15.4. The molecule has 0 saturated carbocycles. The first-order valence-corrected chi connectivity index (χ1v) is 13.3. The van der Waals surface area contributed by atoms with E-state index in [0.717, 1.165) is 5.56 Å². The van der Waals surface area contributed by atoms with Gasteiger partial charge in [-0.2, -0.15) is 11.8 Å². The molecule has 0 radical (unpaired) electrons. The molecule has 0 aromatic heterocycles. The van der Waals surface area contributed by atoms with E-state index < -0.39 is 47.9 Å². The number of carbonyl (C=O) groups is 4. The SMILES string of the molecule is CCC(C)C(NC(=O)C(NC(=O)C(Cc1ccccc1)NC(=O)C(N)CCSC)C(C)C)C(=O)O. The maximum Gasteiger partial charge on any atom is 0.326 e. The van der Waals surface area contributed by atoms with E-state index in [0.29, 0.717) is 18.6 Å². The highest BCUT2D eigenvalue weighted by Crippen LogP contribution is 2.11. The predicted octanol–water partition coefficient (Wildman–Crippen LogP) is 1.55. The van der Waals surface area contributed by atoms with Gasteiger partial charge in [0.25, 0.3) is 0 Å². The molecule has 0 fully saturated rings. The van der Waals surface area contributed by atoms with Crippen LogP contribution >= 0.6 is 11.8 Å². The molecule has 9 nitrogen and oxygen atoms in total. The largest absolute Gasteiger partial charge is 0.480 e. The molecular weight excluding hydrogens is 468 g/mol. The third-order valence-corrected chi connectivity index (χ3v) is 6.55. The van der Waals surface area contributed by atoms with Crippen molar-refractivity contribution in [3.05, 3.63) is 35.9 Å². The molecule has 0 aliphatic heterocycles. The summed E-state index contributed by atoms with van der Waals surface area (Å²) in [5.74, 6) is -2.58. The van der Waals surface area contributed by atoms with Crippen LogP contribution in [0.15, 0.2) is 30.3 Å². The maximum atomic E-state index is 13.3. The van der Waals surface area contributed by atoms with Crippen LogP contribution in [-0.4, -0.2) is 65.0 Å². The van der Waals surface area contributed by atoms with E-state index in [2.05, 4.69) is 16.0 Å². The molecular formula is C25H40N4O5S. The molecule has 10 heteroatoms. The highest BCUT2D eigenvalue weighted by molar-refractivity contribution is 7.98. The molecule has 35 heavy (non-hydrogen) atoms. The first-order valence-electron chi connectivity index (χ1n) is 11.9. The van der Waals surface area contributed by atoms with Gasteiger partial charge in [0.15, 0.2) is 0 Å². The maximum absolute atomic E-state index is 13.3. The Kier molecular flexibility index (Phi) is 13.4. The minimum Gasteiger partial charge on any atom is -0.480 e. The lowest BCUT2D eigenvalue weighted by molar-refractivity contribution is -0.144. The van der Waals surface area contributed by atoms with Crippen molar-refractivity contribution >= 4 is 35.5 Å². The molecule has 1 aromatic carbocycles. The Morgan fingerprint density at radius 1 is 0.943 bits per heavy atom. The van der Waals surface area contributed by atoms with Crippen molar-refractivity contribution in [1.29, 1.82) is 0 Å². The molecule has 0 heterocycles. The van der Waals surface area contributed by atoms with E-state index in [9.17, 15) is 24.3 Å². The summed E-state index contributed by atoms with van der Waals surface area (Å²) in [6.07, 6.45) is 3.17. The van der Waals surface area contributed by atoms with Crippen LogP contribution in [-0.2, 0) is 25.6 Å². The van der Waals surface area contributed by atoms with E-state index >= 15 is 0 Å². The van der Waals surface area contributed by atoms with Crippen molar-refractivity contribution in [2.45, 2.75) is 71.1 Å². The van der Waals surface area contributed by atoms with E-state index in [4.69, 9.17) is 5.73 Å². The Balaban J connectivity index is 3.06. The molecule has 5 unspecified atom stereocenters. The fourth-order valence-corrected chi connectivity index (χ4v) is 3.92. The Morgan fingerprint density at radius 3 is 2.06 bits per heavy atom. The van der Waals surface area contributed by atoms with Gasteiger partial charge in [-0.3, -0.25) is 14.4 Å². The number of hydrogen-bond donors (Lipinski definition) is 5. The van der Waals surface area contributed by atoms with Gasteiger partial charge in [-0.25, -0.2) is 4.79 Å². The van der Waals surface area contributed by atoms with Crippen LogP contribution in [0.3, 0.4) is 0 Å². The van der Waals surface area contributed by atoms with Crippen LogP contribution < -0.4 is 21.7 Å². The fourth-order valence-electron chi connectivity index (χ4n) is 3.43. The number of hydrogen-bond acceptors (Lipinski definition) is 6. The van der Waals surface area contributed by atoms with Crippen LogP contribution in [0.4, 0.5) is 0 Å². The zero-order valence-corrected chi connectivity index (χ0v) is 22.1. The number of carboxylic acids is 1. The van der Waals surface area contributed by atoms with E-state index in [1.807, 2.05) is 43.5 Å². The quantitative estimate of drug-likeness (QED) is 0.241. The first-order chi connectivity index (χ1) is 16.5. The highest BCUT2D eigenvalue weighted by atomic mass is 32.2. The van der Waals surface area contributed by atoms with Gasteiger partial charge in [0.1, 0.15) is 18.1 Å². The van der Waals surface area contributed by atoms with Gasteiger partial charge >= 0.3 is 5.97 Å². The molecule has 0 aliphatic rings. The number of benzene rings is 1. The summed E-state index contributed by atoms with van der Waals surface area (Å²) in [6, 6.07) is 5.45. The summed E-state index contributed by atoms with van der Waals surface area (Å²) in [4.78, 5) is 50.6. The van der Waals surface area contributed by atoms with Crippen LogP contribution in [0.25, 0.3) is 0 Å². The molecule has 0 aliphatic carbocycles. The number of rotatable bonds is 15. The van der Waals surface area contributed by atoms with E-state index in [1.165, 1.54) is 0 Å². The molecule has 1 rings (SSSR count). The molecule has 0 bridgehead atoms. The van der Waals surface area contributed by atoms with Crippen molar-refractivity contribution in [1.82, 2.24) is 16.0 Å². The van der Waals surface area contributed by atoms with Crippen molar-refractivity contribution in [2.24, 2.45) is 17.6 Å². The minimum atomic E-state index is -1.13. The number of thioether (sulfide) groups is 1. The van der Waals surface area contributed by atoms with Crippen molar-refractivity contribution in [3.8, 4) is 0 Å². The Hall–Kier alpha value is -2.59. The van der Waals surface area contributed by atoms with Crippen LogP contribution in [0.2, 0.25) is 0 Å². The standard InChI is InChI=1S/C25H40N4O5S/c1-6-16(4)21(25(33)34)29-24(32)20(15(2)3)28-23(31)19(14-17-10-8-7-9-11-17)27-22(30)18(26)12-13-35-5/h7-11,15-16,18-21H,6,12-14,26H2,1-5H3,(H,27,30)(H,28,31)(H,29,32)(H,33,34). The molecule has 196 valence electrons. The molecule has 6 N–H and O–H groups in total. The summed E-state index contributed by atoms with van der Waals surface area (Å²) in [7, 11) is 0. The summed E-state index contributed by atoms with van der Waals surface area (Å²) >= 11 is 1.57. The summed E-state index contributed by atoms with van der Waals surface area (Å²) < 4.78 is 0. The number of carboxylic acid groups (broad SMARTS) is 1. The van der Waals surface area contributed by atoms with Crippen molar-refractivity contribution < 1.29 is 24.3 Å². The van der Waals surface area contributed by atoms with E-state index in [1.54, 1.807) is 32.5 Å². The van der Waals surface area contributed by atoms with Gasteiger partial charge in [0.05, 0.1) is 6.04 Å². The van der Waals surface area contributed by atoms with Crippen LogP contribution in [0, 0.1) is 11.8 Å². The lowest BCUT2D eigenvalue weighted by atomic mass is 9.97. The van der Waals surface area contributed by atoms with Gasteiger partial charge in [-0.05, 0) is 35.8 Å². The third-order valence-electron chi connectivity index (χ3n) is 5.91. The summed E-state index contributed by atoms with van der Waals surface area (Å²) in [5, 5.41) is 17.5. The topological polar surface area (TPSA) is 151 Å². The smallest absolute Gasteiger partial charge is 0.326 e. The predicted molar refractivity (Wildman–Crippen MR) is 139 cm³/mol. The molecule has 5 atom stereocenters. The highest BCUT2D eigenvalue weighted by Gasteiger charge is 2.33. The number of carbonyl (C=O) groups excluding carboxylic acids is 3. The second-order valence-electron chi connectivity index (χ2n) is 9.08. The Labute approximate surface area is 212 Å². The van der Waals surface area contributed by atoms with Gasteiger partial charge in [-0.1, -0.05) is 64.4 Å². The van der Waals surface area contributed by atoms with Gasteiger partial charge in [0, 0.05) is 6.42 Å². The van der Waals surface area contributed by atoms with Crippen LogP contribution in [0.1, 0.15) is 46.1 Å². The monoisotopic (exact) mass is 508 g/mol. The Bertz CT molecular complexity index is 836. The van der Waals surface area contributed by atoms with Gasteiger partial charge in [-0.15, -0.1) is 0 Å².